The molecule has 0 aliphatic heterocycles. The van der Waals surface area contributed by atoms with E-state index in [-0.39, 0.29) is 16.9 Å². The number of allylic oxidation sites excluding steroid dienone is 2. The van der Waals surface area contributed by atoms with Crippen molar-refractivity contribution in [1.82, 2.24) is 0 Å². The highest BCUT2D eigenvalue weighted by atomic mass is 28.4. The van der Waals surface area contributed by atoms with Gasteiger partial charge in [0, 0.05) is 11.5 Å². The lowest BCUT2D eigenvalue weighted by Crippen LogP contribution is -2.65. The van der Waals surface area contributed by atoms with Crippen LogP contribution in [0.5, 0.6) is 0 Å². The Hall–Kier alpha value is -0.789. The van der Waals surface area contributed by atoms with Gasteiger partial charge in [-0.3, -0.25) is 0 Å². The van der Waals surface area contributed by atoms with Gasteiger partial charge < -0.3 is 23.0 Å². The summed E-state index contributed by atoms with van der Waals surface area (Å²) in [5.41, 5.74) is 3.03. The summed E-state index contributed by atoms with van der Waals surface area (Å²) in [6, 6.07) is 0. The lowest BCUT2D eigenvalue weighted by molar-refractivity contribution is -0.142. The fourth-order valence-corrected chi connectivity index (χ4v) is 12.4. The summed E-state index contributed by atoms with van der Waals surface area (Å²) >= 11 is 0. The third kappa shape index (κ3) is 6.59. The fourth-order valence-electron chi connectivity index (χ4n) is 9.24. The van der Waals surface area contributed by atoms with E-state index in [0.717, 1.165) is 49.9 Å². The second-order valence-electron chi connectivity index (χ2n) is 16.8. The van der Waals surface area contributed by atoms with E-state index in [2.05, 4.69) is 84.0 Å². The molecule has 0 aromatic heterocycles. The Morgan fingerprint density at radius 3 is 2.14 bits per heavy atom. The Kier molecular flexibility index (Phi) is 9.62. The molecule has 0 aromatic rings. The van der Waals surface area contributed by atoms with Gasteiger partial charge in [-0.2, -0.15) is 0 Å². The molecule has 3 saturated carbocycles. The SMILES string of the molecule is CON=C1C=C2CC[C@@H]3[C@H]([C@@H](O[Si](C)(C)C)C[C@@]4(C)[C@H]3CC[C@]4(O[Si](C)(C)C)C(CO[Si](C)(C)C)=NOC)[C@@]2(C)CC1. The summed E-state index contributed by atoms with van der Waals surface area (Å²) in [5.74, 6) is 1.58. The number of rotatable bonds is 10. The minimum Gasteiger partial charge on any atom is -0.414 e. The smallest absolute Gasteiger partial charge is 0.185 e. The maximum absolute atomic E-state index is 7.45. The highest BCUT2D eigenvalue weighted by molar-refractivity contribution is 6.70. The molecular weight excluding hydrogens is 577 g/mol. The normalized spacial score (nSPS) is 38.5. The van der Waals surface area contributed by atoms with Crippen LogP contribution in [-0.4, -0.2) is 68.9 Å². The second kappa shape index (κ2) is 11.9. The first-order chi connectivity index (χ1) is 19.3. The van der Waals surface area contributed by atoms with Gasteiger partial charge in [-0.1, -0.05) is 29.7 Å². The van der Waals surface area contributed by atoms with Crippen molar-refractivity contribution in [2.45, 2.75) is 129 Å². The van der Waals surface area contributed by atoms with Crippen molar-refractivity contribution in [2.75, 3.05) is 20.8 Å². The lowest BCUT2D eigenvalue weighted by Gasteiger charge is -2.63. The van der Waals surface area contributed by atoms with Crippen LogP contribution in [0.2, 0.25) is 58.9 Å². The molecule has 0 radical (unpaired) electrons. The van der Waals surface area contributed by atoms with Crippen LogP contribution in [0.25, 0.3) is 0 Å². The van der Waals surface area contributed by atoms with Gasteiger partial charge in [0.1, 0.15) is 25.5 Å². The van der Waals surface area contributed by atoms with Crippen molar-refractivity contribution in [3.8, 4) is 0 Å². The van der Waals surface area contributed by atoms with E-state index in [4.69, 9.17) is 28.1 Å². The van der Waals surface area contributed by atoms with E-state index >= 15 is 0 Å². The molecule has 0 N–H and O–H groups in total. The second-order valence-corrected chi connectivity index (χ2v) is 30.2. The maximum Gasteiger partial charge on any atom is 0.185 e. The molecule has 3 fully saturated rings. The number of hydrogen-bond donors (Lipinski definition) is 0. The molecule has 4 aliphatic rings. The average Bonchev–Trinajstić information content (AvgIpc) is 3.11. The van der Waals surface area contributed by atoms with E-state index in [0.29, 0.717) is 24.4 Å². The van der Waals surface area contributed by atoms with Gasteiger partial charge in [0.15, 0.2) is 25.0 Å². The first-order valence-electron chi connectivity index (χ1n) is 16.2. The molecule has 4 rings (SSSR count). The van der Waals surface area contributed by atoms with Crippen molar-refractivity contribution in [3.05, 3.63) is 11.6 Å². The molecule has 4 aliphatic carbocycles. The third-order valence-corrected chi connectivity index (χ3v) is 13.5. The van der Waals surface area contributed by atoms with E-state index in [9.17, 15) is 0 Å². The molecule has 7 atom stereocenters. The van der Waals surface area contributed by atoms with Crippen molar-refractivity contribution in [1.29, 1.82) is 0 Å². The molecule has 0 spiro atoms. The largest absolute Gasteiger partial charge is 0.414 e. The van der Waals surface area contributed by atoms with Gasteiger partial charge in [-0.05, 0) is 133 Å². The van der Waals surface area contributed by atoms with Gasteiger partial charge in [0.25, 0.3) is 0 Å². The lowest BCUT2D eigenvalue weighted by atomic mass is 9.45. The number of fused-ring (bicyclic) bond motifs is 5. The van der Waals surface area contributed by atoms with E-state index < -0.39 is 30.6 Å². The van der Waals surface area contributed by atoms with Gasteiger partial charge in [0.05, 0.1) is 12.3 Å². The standard InChI is InChI=1S/C32H60N2O5Si3/c1-30-18-16-24(33-35-3)20-23(30)14-15-25-26-17-19-32(39-42(11,12)13,28(34-36-4)22-37-40(5,6)7)31(26,2)21-27(29(25)30)38-41(8,9)10/h20,25-27,29H,14-19,21-22H2,1-13H3/t25-,26-,27-,29+,30-,31-,32-/m0/s1. The Balaban J connectivity index is 1.85. The van der Waals surface area contributed by atoms with E-state index in [1.54, 1.807) is 19.8 Å². The summed E-state index contributed by atoms with van der Waals surface area (Å²) in [5, 5.41) is 9.10. The maximum atomic E-state index is 7.45. The third-order valence-electron chi connectivity index (χ3n) is 10.5. The summed E-state index contributed by atoms with van der Waals surface area (Å²) in [4.78, 5) is 10.8. The topological polar surface area (TPSA) is 70.9 Å². The molecule has 7 nitrogen and oxygen atoms in total. The average molecular weight is 637 g/mol. The zero-order chi connectivity index (χ0) is 31.4. The number of oxime groups is 2. The monoisotopic (exact) mass is 636 g/mol. The van der Waals surface area contributed by atoms with Crippen molar-refractivity contribution < 1.29 is 23.0 Å². The van der Waals surface area contributed by atoms with Crippen LogP contribution < -0.4 is 0 Å². The van der Waals surface area contributed by atoms with Crippen molar-refractivity contribution in [2.24, 2.45) is 38.9 Å². The Bertz CT molecular complexity index is 1090. The predicted octanol–water partition coefficient (Wildman–Crippen LogP) is 8.23. The quantitative estimate of drug-likeness (QED) is 0.137. The minimum atomic E-state index is -2.00. The zero-order valence-electron chi connectivity index (χ0n) is 29.0. The van der Waals surface area contributed by atoms with Gasteiger partial charge in [-0.15, -0.1) is 0 Å². The number of hydrogen-bond acceptors (Lipinski definition) is 7. The highest BCUT2D eigenvalue weighted by Gasteiger charge is 2.69. The van der Waals surface area contributed by atoms with Crippen molar-refractivity contribution >= 4 is 36.4 Å². The Morgan fingerprint density at radius 2 is 1.57 bits per heavy atom. The first kappa shape index (κ1) is 34.1. The van der Waals surface area contributed by atoms with Crippen LogP contribution in [-0.2, 0) is 23.0 Å². The van der Waals surface area contributed by atoms with Gasteiger partial charge in [0.2, 0.25) is 0 Å². The summed E-state index contributed by atoms with van der Waals surface area (Å²) in [6.45, 7) is 26.2. The molecule has 0 aromatic carbocycles. The molecule has 0 bridgehead atoms. The minimum absolute atomic E-state index is 0.108. The summed E-state index contributed by atoms with van der Waals surface area (Å²) in [7, 11) is -2.34. The zero-order valence-corrected chi connectivity index (χ0v) is 32.0. The molecular formula is C32H60N2O5Si3. The van der Waals surface area contributed by atoms with Gasteiger partial charge in [-0.25, -0.2) is 0 Å². The molecule has 0 amide bonds. The molecule has 0 heterocycles. The summed E-state index contributed by atoms with van der Waals surface area (Å²) < 4.78 is 21.3. The van der Waals surface area contributed by atoms with Crippen LogP contribution in [0.15, 0.2) is 22.0 Å². The predicted molar refractivity (Wildman–Crippen MR) is 181 cm³/mol. The van der Waals surface area contributed by atoms with Crippen molar-refractivity contribution in [3.63, 3.8) is 0 Å². The van der Waals surface area contributed by atoms with Crippen LogP contribution >= 0.6 is 0 Å². The number of nitrogens with zero attached hydrogens (tertiary/aromatic N) is 2. The van der Waals surface area contributed by atoms with Crippen LogP contribution in [0.1, 0.15) is 58.8 Å². The molecule has 42 heavy (non-hydrogen) atoms. The molecule has 240 valence electrons. The Morgan fingerprint density at radius 1 is 0.881 bits per heavy atom. The molecule has 10 heteroatoms. The van der Waals surface area contributed by atoms with E-state index in [1.165, 1.54) is 6.42 Å². The Labute approximate surface area is 259 Å². The fraction of sp³-hybridized carbons (Fsp3) is 0.875. The van der Waals surface area contributed by atoms with Gasteiger partial charge >= 0.3 is 0 Å². The highest BCUT2D eigenvalue weighted by Crippen LogP contribution is 2.69. The molecule has 0 unspecified atom stereocenters. The van der Waals surface area contributed by atoms with Crippen LogP contribution in [0.3, 0.4) is 0 Å². The molecule has 0 saturated heterocycles. The van der Waals surface area contributed by atoms with Crippen LogP contribution in [0.4, 0.5) is 0 Å². The van der Waals surface area contributed by atoms with E-state index in [1.807, 2.05) is 0 Å². The first-order valence-corrected chi connectivity index (χ1v) is 26.4. The summed E-state index contributed by atoms with van der Waals surface area (Å²) in [6.07, 6.45) is 9.97. The van der Waals surface area contributed by atoms with Crippen LogP contribution in [0, 0.1) is 28.6 Å².